The third-order valence-electron chi connectivity index (χ3n) is 4.22. The molecular weight excluding hydrogens is 415 g/mol. The number of pyridine rings is 1. The molecule has 9 nitrogen and oxygen atoms in total. The molecule has 11 heteroatoms. The molecule has 0 aliphatic heterocycles. The highest BCUT2D eigenvalue weighted by Crippen LogP contribution is 2.21. The van der Waals surface area contributed by atoms with Crippen LogP contribution in [0.5, 0.6) is 0 Å². The summed E-state index contributed by atoms with van der Waals surface area (Å²) in [5, 5.41) is 0. The van der Waals surface area contributed by atoms with E-state index in [1.54, 1.807) is 38.1 Å². The molecule has 1 heterocycles. The summed E-state index contributed by atoms with van der Waals surface area (Å²) in [5.74, 6) is -1.90. The monoisotopic (exact) mass is 440 g/mol. The fourth-order valence-corrected chi connectivity index (χ4v) is 4.22. The summed E-state index contributed by atoms with van der Waals surface area (Å²) in [6.07, 6.45) is 0.515. The van der Waals surface area contributed by atoms with Gasteiger partial charge in [-0.05, 0) is 43.2 Å². The number of nitrogens with two attached hydrogens (primary N) is 1. The number of hydrogen-bond donors (Lipinski definition) is 3. The van der Waals surface area contributed by atoms with Crippen LogP contribution in [0.4, 0.5) is 10.2 Å². The zero-order valence-corrected chi connectivity index (χ0v) is 17.9. The Hall–Kier alpha value is -2.60. The van der Waals surface area contributed by atoms with Crippen LogP contribution < -0.4 is 15.2 Å². The molecule has 164 valence electrons. The van der Waals surface area contributed by atoms with Crippen LogP contribution in [0.3, 0.4) is 0 Å². The lowest BCUT2D eigenvalue weighted by Gasteiger charge is -2.32. The second-order valence-corrected chi connectivity index (χ2v) is 8.52. The Kier molecular flexibility index (Phi) is 7.48. The molecule has 0 fully saturated rings. The van der Waals surface area contributed by atoms with Crippen LogP contribution in [0.1, 0.15) is 35.3 Å². The first-order chi connectivity index (χ1) is 14.0. The number of nitrogens with one attached hydrogen (secondary N) is 2. The number of ether oxygens (including phenoxy) is 2. The van der Waals surface area contributed by atoms with Crippen molar-refractivity contribution in [3.05, 3.63) is 59.0 Å². The van der Waals surface area contributed by atoms with Gasteiger partial charge in [-0.1, -0.05) is 12.1 Å². The van der Waals surface area contributed by atoms with Crippen molar-refractivity contribution >= 4 is 21.9 Å². The molecule has 0 spiro atoms. The Bertz CT molecular complexity index is 1010. The van der Waals surface area contributed by atoms with Crippen LogP contribution in [0.2, 0.25) is 0 Å². The molecular formula is C19H25FN4O5S. The fraction of sp³-hybridized carbons (Fsp3) is 0.368. The first kappa shape index (κ1) is 23.7. The molecule has 2 rings (SSSR count). The lowest BCUT2D eigenvalue weighted by atomic mass is 10.0. The highest BCUT2D eigenvalue weighted by molar-refractivity contribution is 7.90. The predicted octanol–water partition coefficient (Wildman–Crippen LogP) is 1.55. The number of methoxy groups -OCH3 is 2. The largest absolute Gasteiger partial charge is 0.366 e. The van der Waals surface area contributed by atoms with E-state index in [4.69, 9.17) is 15.2 Å². The highest BCUT2D eigenvalue weighted by atomic mass is 32.2. The van der Waals surface area contributed by atoms with Crippen molar-refractivity contribution in [3.63, 3.8) is 0 Å². The molecule has 0 atom stereocenters. The summed E-state index contributed by atoms with van der Waals surface area (Å²) in [4.78, 5) is 15.1. The first-order valence-corrected chi connectivity index (χ1v) is 10.4. The van der Waals surface area contributed by atoms with E-state index < -0.39 is 39.6 Å². The van der Waals surface area contributed by atoms with Gasteiger partial charge in [0.05, 0.1) is 5.54 Å². The van der Waals surface area contributed by atoms with Gasteiger partial charge in [-0.2, -0.15) is 13.1 Å². The molecule has 1 amide bonds. The minimum Gasteiger partial charge on any atom is -0.366 e. The van der Waals surface area contributed by atoms with Crippen LogP contribution in [0.15, 0.2) is 36.5 Å². The van der Waals surface area contributed by atoms with Crippen molar-refractivity contribution in [2.45, 2.75) is 32.1 Å². The molecule has 0 radical (unpaired) electrons. The van der Waals surface area contributed by atoms with Gasteiger partial charge >= 0.3 is 10.2 Å². The van der Waals surface area contributed by atoms with E-state index in [0.717, 1.165) is 0 Å². The molecule has 0 aliphatic carbocycles. The highest BCUT2D eigenvalue weighted by Gasteiger charge is 2.34. The molecule has 0 unspecified atom stereocenters. The van der Waals surface area contributed by atoms with Crippen molar-refractivity contribution in [3.8, 4) is 0 Å². The van der Waals surface area contributed by atoms with Gasteiger partial charge in [0, 0.05) is 32.4 Å². The van der Waals surface area contributed by atoms with Crippen LogP contribution in [-0.2, 0) is 26.1 Å². The number of halogens is 1. The second kappa shape index (κ2) is 9.47. The lowest BCUT2D eigenvalue weighted by Crippen LogP contribution is -2.55. The molecule has 0 saturated heterocycles. The van der Waals surface area contributed by atoms with Crippen molar-refractivity contribution in [1.29, 1.82) is 0 Å². The molecule has 1 aromatic heterocycles. The number of hydrogen-bond acceptors (Lipinski definition) is 6. The van der Waals surface area contributed by atoms with Gasteiger partial charge < -0.3 is 15.2 Å². The Morgan fingerprint density at radius 1 is 1.27 bits per heavy atom. The van der Waals surface area contributed by atoms with Crippen molar-refractivity contribution in [1.82, 2.24) is 9.71 Å². The van der Waals surface area contributed by atoms with E-state index in [0.29, 0.717) is 11.1 Å². The normalized spacial score (nSPS) is 12.2. The second-order valence-electron chi connectivity index (χ2n) is 7.11. The zero-order chi connectivity index (χ0) is 22.5. The number of anilines is 1. The molecule has 0 saturated carbocycles. The van der Waals surface area contributed by atoms with Crippen molar-refractivity contribution < 1.29 is 27.1 Å². The van der Waals surface area contributed by atoms with Gasteiger partial charge in [-0.15, -0.1) is 0 Å². The maximum Gasteiger partial charge on any atom is 0.301 e. The van der Waals surface area contributed by atoms with E-state index in [1.165, 1.54) is 26.5 Å². The van der Waals surface area contributed by atoms with Gasteiger partial charge in [0.15, 0.2) is 17.9 Å². The Labute approximate surface area is 175 Å². The van der Waals surface area contributed by atoms with E-state index in [2.05, 4.69) is 14.4 Å². The molecule has 30 heavy (non-hydrogen) atoms. The maximum absolute atomic E-state index is 14.9. The van der Waals surface area contributed by atoms with Crippen molar-refractivity contribution in [2.75, 3.05) is 18.9 Å². The first-order valence-electron chi connectivity index (χ1n) is 8.88. The Balaban J connectivity index is 2.24. The van der Waals surface area contributed by atoms with Crippen molar-refractivity contribution in [2.24, 2.45) is 5.73 Å². The van der Waals surface area contributed by atoms with Gasteiger partial charge in [-0.25, -0.2) is 9.37 Å². The molecule has 0 aliphatic rings. The van der Waals surface area contributed by atoms with Gasteiger partial charge in [-0.3, -0.25) is 9.52 Å². The summed E-state index contributed by atoms with van der Waals surface area (Å²) in [6.45, 7) is 3.10. The fourth-order valence-electron chi connectivity index (χ4n) is 2.98. The predicted molar refractivity (Wildman–Crippen MR) is 110 cm³/mol. The number of amides is 1. The Morgan fingerprint density at radius 2 is 1.93 bits per heavy atom. The maximum atomic E-state index is 14.9. The van der Waals surface area contributed by atoms with E-state index >= 15 is 0 Å². The average molecular weight is 440 g/mol. The number of carbonyl (C=O) groups is 1. The molecule has 0 bridgehead atoms. The quantitative estimate of drug-likeness (QED) is 0.480. The topological polar surface area (TPSA) is 133 Å². The zero-order valence-electron chi connectivity index (χ0n) is 17.1. The summed E-state index contributed by atoms with van der Waals surface area (Å²) in [5.41, 5.74) is 5.23. The summed E-state index contributed by atoms with van der Waals surface area (Å²) < 4.78 is 54.6. The van der Waals surface area contributed by atoms with E-state index in [9.17, 15) is 17.6 Å². The molecule has 2 aromatic rings. The standard InChI is InChI=1S/C19H25FN4O5S/c1-19(2,18(28-3)29-4)24-30(26,27)23-17-15(20)13(8-9-22-17)10-12-6-5-7-14(11-12)16(21)25/h5-9,11,18,24H,10H2,1-4H3,(H2,21,25)(H,22,23). The smallest absolute Gasteiger partial charge is 0.301 e. The third-order valence-corrected chi connectivity index (χ3v) is 5.48. The van der Waals surface area contributed by atoms with Crippen LogP contribution >= 0.6 is 0 Å². The van der Waals surface area contributed by atoms with E-state index in [1.807, 2.05) is 0 Å². The molecule has 1 aromatic carbocycles. The summed E-state index contributed by atoms with van der Waals surface area (Å²) >= 11 is 0. The number of aromatic nitrogens is 1. The number of nitrogens with zero attached hydrogens (tertiary/aromatic N) is 1. The summed E-state index contributed by atoms with van der Waals surface area (Å²) in [7, 11) is -1.47. The van der Waals surface area contributed by atoms with Crippen LogP contribution in [0.25, 0.3) is 0 Å². The Morgan fingerprint density at radius 3 is 2.53 bits per heavy atom. The molecule has 4 N–H and O–H groups in total. The lowest BCUT2D eigenvalue weighted by molar-refractivity contribution is -0.141. The van der Waals surface area contributed by atoms with Gasteiger partial charge in [0.1, 0.15) is 0 Å². The third kappa shape index (κ3) is 5.95. The SMILES string of the molecule is COC(OC)C(C)(C)NS(=O)(=O)Nc1nccc(Cc2cccc(C(N)=O)c2)c1F. The summed E-state index contributed by atoms with van der Waals surface area (Å²) in [6, 6.07) is 7.86. The number of rotatable bonds is 10. The van der Waals surface area contributed by atoms with Gasteiger partial charge in [0.25, 0.3) is 0 Å². The minimum atomic E-state index is -4.21. The number of primary amides is 1. The van der Waals surface area contributed by atoms with E-state index in [-0.39, 0.29) is 12.0 Å². The average Bonchev–Trinajstić information content (AvgIpc) is 2.65. The van der Waals surface area contributed by atoms with Gasteiger partial charge in [0.2, 0.25) is 5.91 Å². The van der Waals surface area contributed by atoms with Crippen LogP contribution in [-0.4, -0.2) is 45.4 Å². The number of benzene rings is 1. The minimum absolute atomic E-state index is 0.110. The van der Waals surface area contributed by atoms with Crippen LogP contribution in [0, 0.1) is 5.82 Å². The number of carbonyl (C=O) groups excluding carboxylic acids is 1.